The monoisotopic (exact) mass is 271 g/mol. The van der Waals surface area contributed by atoms with Crippen molar-refractivity contribution in [1.29, 1.82) is 0 Å². The van der Waals surface area contributed by atoms with Crippen LogP contribution in [0, 0.1) is 12.8 Å². The Morgan fingerprint density at radius 2 is 2.10 bits per heavy atom. The van der Waals surface area contributed by atoms with Crippen molar-refractivity contribution in [2.45, 2.75) is 45.6 Å². The highest BCUT2D eigenvalue weighted by Crippen LogP contribution is 2.30. The van der Waals surface area contributed by atoms with Crippen LogP contribution >= 0.6 is 0 Å². The van der Waals surface area contributed by atoms with Gasteiger partial charge < -0.3 is 5.32 Å². The Labute approximate surface area is 119 Å². The molecule has 3 rings (SSSR count). The zero-order chi connectivity index (χ0) is 13.9. The first-order chi connectivity index (χ1) is 9.74. The second-order valence-electron chi connectivity index (χ2n) is 5.73. The minimum atomic E-state index is 0.514. The van der Waals surface area contributed by atoms with Crippen molar-refractivity contribution in [2.75, 3.05) is 5.32 Å². The van der Waals surface area contributed by atoms with Gasteiger partial charge in [0, 0.05) is 11.7 Å². The summed E-state index contributed by atoms with van der Waals surface area (Å²) in [6.07, 6.45) is 7.06. The fourth-order valence-corrected chi connectivity index (χ4v) is 3.01. The van der Waals surface area contributed by atoms with Gasteiger partial charge in [0.25, 0.3) is 0 Å². The van der Waals surface area contributed by atoms with Gasteiger partial charge in [0.15, 0.2) is 0 Å². The van der Waals surface area contributed by atoms with E-state index in [4.69, 9.17) is 0 Å². The SMILES string of the molecule is Cc1ccc(-n2cnnn2)cc1NC(C)C1CCCC1. The number of anilines is 1. The van der Waals surface area contributed by atoms with Gasteiger partial charge in [0.1, 0.15) is 6.33 Å². The van der Waals surface area contributed by atoms with E-state index in [-0.39, 0.29) is 0 Å². The molecule has 5 heteroatoms. The fourth-order valence-electron chi connectivity index (χ4n) is 3.01. The lowest BCUT2D eigenvalue weighted by atomic mass is 9.99. The van der Waals surface area contributed by atoms with Crippen LogP contribution in [-0.2, 0) is 0 Å². The zero-order valence-electron chi connectivity index (χ0n) is 12.1. The molecule has 1 aromatic heterocycles. The average molecular weight is 271 g/mol. The summed E-state index contributed by atoms with van der Waals surface area (Å²) in [6, 6.07) is 6.79. The summed E-state index contributed by atoms with van der Waals surface area (Å²) in [5, 5.41) is 15.0. The first-order valence-corrected chi connectivity index (χ1v) is 7.34. The molecule has 1 aliphatic rings. The smallest absolute Gasteiger partial charge is 0.143 e. The maximum atomic E-state index is 3.94. The van der Waals surface area contributed by atoms with E-state index in [1.807, 2.05) is 6.07 Å². The fraction of sp³-hybridized carbons (Fsp3) is 0.533. The molecule has 5 nitrogen and oxygen atoms in total. The normalized spacial score (nSPS) is 17.3. The Bertz CT molecular complexity index is 558. The van der Waals surface area contributed by atoms with Gasteiger partial charge in [-0.1, -0.05) is 18.9 Å². The molecule has 0 aliphatic heterocycles. The first-order valence-electron chi connectivity index (χ1n) is 7.34. The molecule has 1 fully saturated rings. The van der Waals surface area contributed by atoms with Crippen molar-refractivity contribution in [3.63, 3.8) is 0 Å². The number of tetrazole rings is 1. The van der Waals surface area contributed by atoms with Gasteiger partial charge in [-0.15, -0.1) is 5.10 Å². The van der Waals surface area contributed by atoms with Crippen LogP contribution in [0.4, 0.5) is 5.69 Å². The third-order valence-electron chi connectivity index (χ3n) is 4.32. The highest BCUT2D eigenvalue weighted by molar-refractivity contribution is 5.57. The summed E-state index contributed by atoms with van der Waals surface area (Å²) in [5.41, 5.74) is 3.42. The number of rotatable bonds is 4. The molecular weight excluding hydrogens is 250 g/mol. The van der Waals surface area contributed by atoms with E-state index in [1.54, 1.807) is 11.0 Å². The molecule has 1 unspecified atom stereocenters. The number of hydrogen-bond donors (Lipinski definition) is 1. The molecule has 106 valence electrons. The van der Waals surface area contributed by atoms with E-state index in [0.717, 1.165) is 11.6 Å². The number of aryl methyl sites for hydroxylation is 1. The Hall–Kier alpha value is -1.91. The van der Waals surface area contributed by atoms with Gasteiger partial charge in [-0.05, 0) is 60.7 Å². The summed E-state index contributed by atoms with van der Waals surface area (Å²) in [4.78, 5) is 0. The molecule has 1 saturated carbocycles. The molecule has 0 spiro atoms. The van der Waals surface area contributed by atoms with Crippen LogP contribution in [0.25, 0.3) is 5.69 Å². The van der Waals surface area contributed by atoms with Crippen molar-refractivity contribution in [3.05, 3.63) is 30.1 Å². The highest BCUT2D eigenvalue weighted by atomic mass is 15.5. The lowest BCUT2D eigenvalue weighted by Crippen LogP contribution is -2.24. The Balaban J connectivity index is 1.79. The van der Waals surface area contributed by atoms with Gasteiger partial charge in [-0.3, -0.25) is 0 Å². The summed E-state index contributed by atoms with van der Waals surface area (Å²) < 4.78 is 1.69. The Morgan fingerprint density at radius 1 is 1.30 bits per heavy atom. The molecule has 2 aromatic rings. The third-order valence-corrected chi connectivity index (χ3v) is 4.32. The summed E-state index contributed by atoms with van der Waals surface area (Å²) >= 11 is 0. The molecule has 0 bridgehead atoms. The highest BCUT2D eigenvalue weighted by Gasteiger charge is 2.21. The predicted molar refractivity (Wildman–Crippen MR) is 78.9 cm³/mol. The van der Waals surface area contributed by atoms with Crippen molar-refractivity contribution >= 4 is 5.69 Å². The van der Waals surface area contributed by atoms with Crippen LogP contribution in [0.5, 0.6) is 0 Å². The van der Waals surface area contributed by atoms with Crippen LogP contribution in [0.3, 0.4) is 0 Å². The van der Waals surface area contributed by atoms with Crippen LogP contribution < -0.4 is 5.32 Å². The van der Waals surface area contributed by atoms with Crippen LogP contribution in [0.1, 0.15) is 38.2 Å². The molecule has 1 aliphatic carbocycles. The van der Waals surface area contributed by atoms with Crippen LogP contribution in [0.15, 0.2) is 24.5 Å². The second-order valence-corrected chi connectivity index (χ2v) is 5.73. The van der Waals surface area contributed by atoms with Crippen molar-refractivity contribution in [2.24, 2.45) is 5.92 Å². The molecule has 1 N–H and O–H groups in total. The first kappa shape index (κ1) is 13.1. The molecule has 20 heavy (non-hydrogen) atoms. The average Bonchev–Trinajstić information content (AvgIpc) is 3.14. The number of nitrogens with one attached hydrogen (secondary N) is 1. The molecule has 1 aromatic carbocycles. The van der Waals surface area contributed by atoms with Crippen molar-refractivity contribution in [1.82, 2.24) is 20.2 Å². The summed E-state index contributed by atoms with van der Waals surface area (Å²) in [6.45, 7) is 4.42. The Kier molecular flexibility index (Phi) is 3.67. The molecular formula is C15H21N5. The van der Waals surface area contributed by atoms with Gasteiger partial charge in [0.05, 0.1) is 5.69 Å². The predicted octanol–water partition coefficient (Wildman–Crippen LogP) is 2.96. The summed E-state index contributed by atoms with van der Waals surface area (Å²) in [7, 11) is 0. The summed E-state index contributed by atoms with van der Waals surface area (Å²) in [5.74, 6) is 0.797. The van der Waals surface area contributed by atoms with E-state index >= 15 is 0 Å². The van der Waals surface area contributed by atoms with Crippen molar-refractivity contribution in [3.8, 4) is 5.69 Å². The second kappa shape index (κ2) is 5.61. The van der Waals surface area contributed by atoms with Gasteiger partial charge in [-0.25, -0.2) is 4.68 Å². The van der Waals surface area contributed by atoms with E-state index in [9.17, 15) is 0 Å². The minimum absolute atomic E-state index is 0.514. The molecule has 0 amide bonds. The number of aromatic nitrogens is 4. The van der Waals surface area contributed by atoms with E-state index in [1.165, 1.54) is 36.9 Å². The molecule has 1 heterocycles. The van der Waals surface area contributed by atoms with Crippen molar-refractivity contribution < 1.29 is 0 Å². The van der Waals surface area contributed by atoms with Gasteiger partial charge in [-0.2, -0.15) is 0 Å². The number of benzene rings is 1. The molecule has 0 saturated heterocycles. The van der Waals surface area contributed by atoms with E-state index in [0.29, 0.717) is 6.04 Å². The van der Waals surface area contributed by atoms with E-state index < -0.39 is 0 Å². The van der Waals surface area contributed by atoms with Crippen LogP contribution in [-0.4, -0.2) is 26.2 Å². The van der Waals surface area contributed by atoms with Gasteiger partial charge in [0.2, 0.25) is 0 Å². The van der Waals surface area contributed by atoms with Gasteiger partial charge >= 0.3 is 0 Å². The number of nitrogens with zero attached hydrogens (tertiary/aromatic N) is 4. The van der Waals surface area contributed by atoms with Crippen LogP contribution in [0.2, 0.25) is 0 Å². The van der Waals surface area contributed by atoms with E-state index in [2.05, 4.69) is 46.8 Å². The lowest BCUT2D eigenvalue weighted by molar-refractivity contribution is 0.482. The maximum Gasteiger partial charge on any atom is 0.143 e. The topological polar surface area (TPSA) is 55.6 Å². The lowest BCUT2D eigenvalue weighted by Gasteiger charge is -2.23. The largest absolute Gasteiger partial charge is 0.382 e. The molecule has 1 atom stereocenters. The minimum Gasteiger partial charge on any atom is -0.382 e. The molecule has 0 radical (unpaired) electrons. The maximum absolute atomic E-state index is 3.94. The standard InChI is InChI=1S/C15H21N5/c1-11-7-8-14(20-10-16-18-19-20)9-15(11)17-12(2)13-5-3-4-6-13/h7-10,12-13,17H,3-6H2,1-2H3. The quantitative estimate of drug-likeness (QED) is 0.929. The Morgan fingerprint density at radius 3 is 2.80 bits per heavy atom. The number of hydrogen-bond acceptors (Lipinski definition) is 4. The third kappa shape index (κ3) is 2.66. The zero-order valence-corrected chi connectivity index (χ0v) is 12.1.